The highest BCUT2D eigenvalue weighted by atomic mass is 79.9. The molecule has 3 aliphatic rings. The lowest BCUT2D eigenvalue weighted by Crippen LogP contribution is -2.37. The average molecular weight is 601 g/mol. The first-order valence-corrected chi connectivity index (χ1v) is 13.5. The molecule has 1 heterocycles. The van der Waals surface area contributed by atoms with Gasteiger partial charge >= 0.3 is 0 Å². The van der Waals surface area contributed by atoms with Crippen molar-refractivity contribution in [1.29, 1.82) is 0 Å². The number of benzene rings is 2. The van der Waals surface area contributed by atoms with Gasteiger partial charge in [-0.2, -0.15) is 0 Å². The standard InChI is InChI=1S/C28H27Br2NO4/c1-31-20-9-5-11-22(32)26(20)25(27-21(31)10-6-12-23(27)33)17-13-19(30)28(24(14-17)34-2)35-15-16-7-3-4-8-18(16)29/h3-4,7-8,13-14,25H,5-6,9-12,15H2,1-2H3. The summed E-state index contributed by atoms with van der Waals surface area (Å²) in [6.45, 7) is 0.367. The lowest BCUT2D eigenvalue weighted by molar-refractivity contribution is -0.117. The molecule has 1 aliphatic heterocycles. The van der Waals surface area contributed by atoms with Crippen molar-refractivity contribution in [3.8, 4) is 11.5 Å². The summed E-state index contributed by atoms with van der Waals surface area (Å²) in [6.07, 6.45) is 4.44. The van der Waals surface area contributed by atoms with E-state index >= 15 is 0 Å². The van der Waals surface area contributed by atoms with Crippen LogP contribution in [0.1, 0.15) is 55.6 Å². The van der Waals surface area contributed by atoms with Gasteiger partial charge in [0.1, 0.15) is 6.61 Å². The Morgan fingerprint density at radius 2 is 1.54 bits per heavy atom. The first-order valence-electron chi connectivity index (χ1n) is 11.9. The number of allylic oxidation sites excluding steroid dienone is 4. The van der Waals surface area contributed by atoms with E-state index in [4.69, 9.17) is 9.47 Å². The zero-order valence-corrected chi connectivity index (χ0v) is 23.0. The maximum Gasteiger partial charge on any atom is 0.175 e. The molecule has 0 saturated heterocycles. The topological polar surface area (TPSA) is 55.8 Å². The molecule has 0 aromatic heterocycles. The molecule has 0 bridgehead atoms. The van der Waals surface area contributed by atoms with Gasteiger partial charge in [0.2, 0.25) is 0 Å². The fourth-order valence-electron chi connectivity index (χ4n) is 5.50. The second-order valence-corrected chi connectivity index (χ2v) is 10.9. The van der Waals surface area contributed by atoms with E-state index in [1.807, 2.05) is 43.4 Å². The first-order chi connectivity index (χ1) is 16.9. The number of halogens is 2. The number of hydrogen-bond donors (Lipinski definition) is 0. The maximum atomic E-state index is 13.2. The van der Waals surface area contributed by atoms with Crippen LogP contribution in [0.15, 0.2) is 67.9 Å². The van der Waals surface area contributed by atoms with Gasteiger partial charge in [-0.05, 0) is 65.4 Å². The first kappa shape index (κ1) is 24.3. The predicted octanol–water partition coefficient (Wildman–Crippen LogP) is 6.84. The number of carbonyl (C=O) groups excluding carboxylic acids is 2. The molecule has 0 amide bonds. The van der Waals surface area contributed by atoms with Gasteiger partial charge in [0, 0.05) is 58.4 Å². The van der Waals surface area contributed by atoms with Gasteiger partial charge in [0.25, 0.3) is 0 Å². The summed E-state index contributed by atoms with van der Waals surface area (Å²) in [5.41, 5.74) is 5.55. The summed E-state index contributed by atoms with van der Waals surface area (Å²) in [4.78, 5) is 28.6. The summed E-state index contributed by atoms with van der Waals surface area (Å²) in [7, 11) is 3.62. The van der Waals surface area contributed by atoms with Crippen LogP contribution in [0.2, 0.25) is 0 Å². The molecule has 7 heteroatoms. The molecule has 0 saturated carbocycles. The van der Waals surface area contributed by atoms with E-state index < -0.39 is 0 Å². The SMILES string of the molecule is COc1cc(C2C3=C(CCCC3=O)N(C)C3=C2C(=O)CCC3)cc(Br)c1OCc1ccccc1Br. The van der Waals surface area contributed by atoms with Gasteiger partial charge in [-0.1, -0.05) is 34.1 Å². The Labute approximate surface area is 222 Å². The van der Waals surface area contributed by atoms with Crippen molar-refractivity contribution in [2.24, 2.45) is 0 Å². The molecule has 0 fully saturated rings. The number of carbonyl (C=O) groups is 2. The van der Waals surface area contributed by atoms with Crippen molar-refractivity contribution in [3.63, 3.8) is 0 Å². The molecule has 5 rings (SSSR count). The lowest BCUT2D eigenvalue weighted by atomic mass is 9.71. The van der Waals surface area contributed by atoms with Crippen molar-refractivity contribution in [2.75, 3.05) is 14.2 Å². The molecule has 35 heavy (non-hydrogen) atoms. The van der Waals surface area contributed by atoms with Crippen molar-refractivity contribution in [2.45, 2.75) is 51.0 Å². The molecule has 2 aliphatic carbocycles. The zero-order valence-electron chi connectivity index (χ0n) is 19.8. The molecular weight excluding hydrogens is 574 g/mol. The lowest BCUT2D eigenvalue weighted by Gasteiger charge is -2.42. The maximum absolute atomic E-state index is 13.2. The van der Waals surface area contributed by atoms with Crippen LogP contribution in [0.5, 0.6) is 11.5 Å². The van der Waals surface area contributed by atoms with E-state index in [1.165, 1.54) is 0 Å². The van der Waals surface area contributed by atoms with Gasteiger partial charge in [-0.15, -0.1) is 0 Å². The van der Waals surface area contributed by atoms with Crippen LogP contribution < -0.4 is 9.47 Å². The predicted molar refractivity (Wildman–Crippen MR) is 141 cm³/mol. The number of ketones is 2. The highest BCUT2D eigenvalue weighted by Gasteiger charge is 2.42. The van der Waals surface area contributed by atoms with Crippen molar-refractivity contribution >= 4 is 43.4 Å². The smallest absolute Gasteiger partial charge is 0.175 e. The van der Waals surface area contributed by atoms with Crippen LogP contribution in [0, 0.1) is 0 Å². The van der Waals surface area contributed by atoms with Crippen LogP contribution in [-0.4, -0.2) is 30.6 Å². The number of methoxy groups -OCH3 is 1. The summed E-state index contributed by atoms with van der Waals surface area (Å²) in [6, 6.07) is 11.8. The Bertz CT molecular complexity index is 1240. The van der Waals surface area contributed by atoms with Crippen LogP contribution in [0.4, 0.5) is 0 Å². The van der Waals surface area contributed by atoms with Crippen molar-refractivity contribution in [1.82, 2.24) is 4.90 Å². The van der Waals surface area contributed by atoms with Gasteiger partial charge in [-0.25, -0.2) is 0 Å². The van der Waals surface area contributed by atoms with Crippen LogP contribution >= 0.6 is 31.9 Å². The van der Waals surface area contributed by atoms with E-state index in [9.17, 15) is 9.59 Å². The highest BCUT2D eigenvalue weighted by molar-refractivity contribution is 9.10. The minimum Gasteiger partial charge on any atom is -0.493 e. The Hall–Kier alpha value is -2.38. The van der Waals surface area contributed by atoms with E-state index in [1.54, 1.807) is 7.11 Å². The number of Topliss-reactive ketones (excluding diaryl/α,β-unsaturated/α-hetero) is 2. The monoisotopic (exact) mass is 599 g/mol. The molecule has 5 nitrogen and oxygen atoms in total. The van der Waals surface area contributed by atoms with E-state index in [0.717, 1.165) is 68.3 Å². The summed E-state index contributed by atoms with van der Waals surface area (Å²) < 4.78 is 13.6. The molecule has 0 atom stereocenters. The fourth-order valence-corrected chi connectivity index (χ4v) is 6.47. The Morgan fingerprint density at radius 1 is 0.914 bits per heavy atom. The van der Waals surface area contributed by atoms with Gasteiger partial charge < -0.3 is 14.4 Å². The second kappa shape index (κ2) is 9.94. The molecule has 2 aromatic carbocycles. The van der Waals surface area contributed by atoms with E-state index in [2.05, 4.69) is 36.8 Å². The third kappa shape index (κ3) is 4.38. The third-order valence-corrected chi connectivity index (χ3v) is 8.52. The second-order valence-electron chi connectivity index (χ2n) is 9.18. The molecule has 182 valence electrons. The quantitative estimate of drug-likeness (QED) is 0.376. The average Bonchev–Trinajstić information content (AvgIpc) is 2.85. The minimum atomic E-state index is -0.376. The molecule has 0 spiro atoms. The number of ether oxygens (including phenoxy) is 2. The Morgan fingerprint density at radius 3 is 2.14 bits per heavy atom. The third-order valence-electron chi connectivity index (χ3n) is 7.16. The Kier molecular flexibility index (Phi) is 6.91. The molecular formula is C28H27Br2NO4. The highest BCUT2D eigenvalue weighted by Crippen LogP contribution is 2.50. The molecule has 0 radical (unpaired) electrons. The molecule has 0 unspecified atom stereocenters. The largest absolute Gasteiger partial charge is 0.493 e. The summed E-state index contributed by atoms with van der Waals surface area (Å²) in [5.74, 6) is 1.05. The van der Waals surface area contributed by atoms with Crippen molar-refractivity contribution < 1.29 is 19.1 Å². The zero-order chi connectivity index (χ0) is 24.7. The van der Waals surface area contributed by atoms with Gasteiger partial charge in [-0.3, -0.25) is 9.59 Å². The van der Waals surface area contributed by atoms with Crippen LogP contribution in [0.25, 0.3) is 0 Å². The normalized spacial score (nSPS) is 18.6. The summed E-state index contributed by atoms with van der Waals surface area (Å²) >= 11 is 7.25. The minimum absolute atomic E-state index is 0.136. The van der Waals surface area contributed by atoms with Gasteiger partial charge in [0.15, 0.2) is 23.1 Å². The van der Waals surface area contributed by atoms with Gasteiger partial charge in [0.05, 0.1) is 11.6 Å². The number of nitrogens with zero attached hydrogens (tertiary/aromatic N) is 1. The van der Waals surface area contributed by atoms with Crippen LogP contribution in [0.3, 0.4) is 0 Å². The van der Waals surface area contributed by atoms with Crippen LogP contribution in [-0.2, 0) is 16.2 Å². The number of hydrogen-bond acceptors (Lipinski definition) is 5. The molecule has 2 aromatic rings. The molecule has 0 N–H and O–H groups in total. The fraction of sp³-hybridized carbons (Fsp3) is 0.357. The van der Waals surface area contributed by atoms with E-state index in [-0.39, 0.29) is 17.5 Å². The Balaban J connectivity index is 1.59. The van der Waals surface area contributed by atoms with E-state index in [0.29, 0.717) is 30.9 Å². The summed E-state index contributed by atoms with van der Waals surface area (Å²) in [5, 5.41) is 0. The van der Waals surface area contributed by atoms with Crippen molar-refractivity contribution in [3.05, 3.63) is 79.0 Å². The number of rotatable bonds is 5.